The van der Waals surface area contributed by atoms with Gasteiger partial charge in [-0.3, -0.25) is 0 Å². The van der Waals surface area contributed by atoms with Crippen molar-refractivity contribution in [2.24, 2.45) is 23.7 Å². The van der Waals surface area contributed by atoms with Gasteiger partial charge < -0.3 is 0 Å². The Hall–Kier alpha value is -0.700. The molecule has 0 amide bonds. The molecular formula is C21H34. The molecule has 0 unspecified atom stereocenters. The summed E-state index contributed by atoms with van der Waals surface area (Å²) in [6.45, 7) is 4.64. The molecule has 0 saturated heterocycles. The average molecular weight is 287 g/mol. The third-order valence-corrected chi connectivity index (χ3v) is 5.75. The van der Waals surface area contributed by atoms with Crippen molar-refractivity contribution in [2.75, 3.05) is 0 Å². The zero-order chi connectivity index (χ0) is 14.9. The van der Waals surface area contributed by atoms with Crippen LogP contribution < -0.4 is 0 Å². The van der Waals surface area contributed by atoms with Crippen LogP contribution in [0.4, 0.5) is 0 Å². The summed E-state index contributed by atoms with van der Waals surface area (Å²) in [5.41, 5.74) is 0. The Bertz CT molecular complexity index is 351. The van der Waals surface area contributed by atoms with Gasteiger partial charge in [0, 0.05) is 5.92 Å². The fourth-order valence-corrected chi connectivity index (χ4v) is 4.14. The van der Waals surface area contributed by atoms with E-state index in [1.807, 2.05) is 0 Å². The molecular weight excluding hydrogens is 252 g/mol. The topological polar surface area (TPSA) is 0 Å². The normalized spacial score (nSPS) is 33.6. The van der Waals surface area contributed by atoms with Crippen LogP contribution in [0.3, 0.4) is 0 Å². The molecule has 0 heteroatoms. The maximum atomic E-state index is 3.50. The van der Waals surface area contributed by atoms with Crippen molar-refractivity contribution >= 4 is 0 Å². The van der Waals surface area contributed by atoms with Gasteiger partial charge in [0.25, 0.3) is 0 Å². The first-order chi connectivity index (χ1) is 10.3. The fraction of sp³-hybridized carbons (Fsp3) is 0.810. The molecule has 0 aromatic heterocycles. The minimum atomic E-state index is 0.678. The summed E-state index contributed by atoms with van der Waals surface area (Å²) < 4.78 is 0. The first-order valence-electron chi connectivity index (χ1n) is 9.49. The molecule has 0 heterocycles. The van der Waals surface area contributed by atoms with Crippen LogP contribution in [-0.2, 0) is 0 Å². The van der Waals surface area contributed by atoms with Crippen LogP contribution in [0.1, 0.15) is 84.5 Å². The molecule has 0 spiro atoms. The first-order valence-corrected chi connectivity index (χ1v) is 9.49. The van der Waals surface area contributed by atoms with E-state index in [2.05, 4.69) is 37.8 Å². The molecule has 2 fully saturated rings. The van der Waals surface area contributed by atoms with E-state index in [9.17, 15) is 0 Å². The maximum Gasteiger partial charge on any atom is 0.0206 e. The van der Waals surface area contributed by atoms with E-state index in [4.69, 9.17) is 0 Å². The molecule has 118 valence electrons. The Kier molecular flexibility index (Phi) is 7.42. The van der Waals surface area contributed by atoms with Crippen LogP contribution in [-0.4, -0.2) is 0 Å². The van der Waals surface area contributed by atoms with Gasteiger partial charge in [-0.25, -0.2) is 0 Å². The fourth-order valence-electron chi connectivity index (χ4n) is 4.14. The Labute approximate surface area is 132 Å². The van der Waals surface area contributed by atoms with E-state index in [1.54, 1.807) is 0 Å². The standard InChI is InChI=1S/C21H34/c1-3-7-19-14-16-21(17-15-19)9-6-5-8-20-12-10-18(4-2)11-13-20/h6,9,18-21H,3-4,7,10-17H2,1-2H3/t18-,19-,20-,21-. The molecule has 21 heavy (non-hydrogen) atoms. The van der Waals surface area contributed by atoms with Crippen LogP contribution in [0.15, 0.2) is 12.2 Å². The summed E-state index contributed by atoms with van der Waals surface area (Å²) in [5, 5.41) is 0. The van der Waals surface area contributed by atoms with E-state index >= 15 is 0 Å². The van der Waals surface area contributed by atoms with Gasteiger partial charge in [-0.15, -0.1) is 0 Å². The van der Waals surface area contributed by atoms with Crippen LogP contribution >= 0.6 is 0 Å². The molecule has 2 aliphatic rings. The van der Waals surface area contributed by atoms with Gasteiger partial charge in [-0.05, 0) is 75.2 Å². The van der Waals surface area contributed by atoms with E-state index in [0.717, 1.165) is 17.8 Å². The molecule has 0 atom stereocenters. The van der Waals surface area contributed by atoms with Crippen molar-refractivity contribution in [1.82, 2.24) is 0 Å². The summed E-state index contributed by atoms with van der Waals surface area (Å²) in [6, 6.07) is 0. The van der Waals surface area contributed by atoms with E-state index in [-0.39, 0.29) is 0 Å². The monoisotopic (exact) mass is 286 g/mol. The van der Waals surface area contributed by atoms with Crippen molar-refractivity contribution in [2.45, 2.75) is 84.5 Å². The summed E-state index contributed by atoms with van der Waals surface area (Å²) in [4.78, 5) is 0. The zero-order valence-electron chi connectivity index (χ0n) is 14.2. The second kappa shape index (κ2) is 9.34. The van der Waals surface area contributed by atoms with Crippen LogP contribution in [0.5, 0.6) is 0 Å². The Morgan fingerprint density at radius 3 is 2.14 bits per heavy atom. The molecule has 2 rings (SSSR count). The minimum absolute atomic E-state index is 0.678. The molecule has 0 aromatic rings. The van der Waals surface area contributed by atoms with Crippen molar-refractivity contribution in [3.63, 3.8) is 0 Å². The van der Waals surface area contributed by atoms with Crippen molar-refractivity contribution < 1.29 is 0 Å². The quantitative estimate of drug-likeness (QED) is 0.527. The molecule has 0 bridgehead atoms. The lowest BCUT2D eigenvalue weighted by molar-refractivity contribution is 0.294. The van der Waals surface area contributed by atoms with Gasteiger partial charge in [0.2, 0.25) is 0 Å². The number of hydrogen-bond donors (Lipinski definition) is 0. The van der Waals surface area contributed by atoms with Crippen LogP contribution in [0, 0.1) is 35.5 Å². The molecule has 2 aliphatic carbocycles. The van der Waals surface area contributed by atoms with Gasteiger partial charge in [-0.1, -0.05) is 51.0 Å². The minimum Gasteiger partial charge on any atom is -0.0951 e. The Balaban J connectivity index is 1.66. The second-order valence-corrected chi connectivity index (χ2v) is 7.34. The molecule has 0 aromatic carbocycles. The van der Waals surface area contributed by atoms with Gasteiger partial charge in [0.1, 0.15) is 0 Å². The highest BCUT2D eigenvalue weighted by Gasteiger charge is 2.19. The van der Waals surface area contributed by atoms with E-state index in [1.165, 1.54) is 70.6 Å². The highest BCUT2D eigenvalue weighted by atomic mass is 14.2. The van der Waals surface area contributed by atoms with E-state index < -0.39 is 0 Å². The number of hydrogen-bond acceptors (Lipinski definition) is 0. The Morgan fingerprint density at radius 1 is 0.857 bits per heavy atom. The molecule has 0 N–H and O–H groups in total. The van der Waals surface area contributed by atoms with E-state index in [0.29, 0.717) is 5.92 Å². The summed E-state index contributed by atoms with van der Waals surface area (Å²) in [5.74, 6) is 10.3. The van der Waals surface area contributed by atoms with Gasteiger partial charge in [0.15, 0.2) is 0 Å². The largest absolute Gasteiger partial charge is 0.0951 e. The SMILES string of the molecule is CCC[C@H]1CC[C@H](C=CC#C[C@H]2CC[C@H](CC)CC2)CC1. The van der Waals surface area contributed by atoms with Gasteiger partial charge in [-0.2, -0.15) is 0 Å². The number of rotatable bonds is 4. The van der Waals surface area contributed by atoms with Crippen molar-refractivity contribution in [1.29, 1.82) is 0 Å². The number of allylic oxidation sites excluding steroid dienone is 2. The lowest BCUT2D eigenvalue weighted by Crippen LogP contribution is -2.12. The zero-order valence-corrected chi connectivity index (χ0v) is 14.2. The van der Waals surface area contributed by atoms with Crippen LogP contribution in [0.2, 0.25) is 0 Å². The summed E-state index contributed by atoms with van der Waals surface area (Å²) in [7, 11) is 0. The van der Waals surface area contributed by atoms with Crippen molar-refractivity contribution in [3.05, 3.63) is 12.2 Å². The lowest BCUT2D eigenvalue weighted by Gasteiger charge is -2.26. The summed E-state index contributed by atoms with van der Waals surface area (Å²) in [6.07, 6.45) is 19.9. The third-order valence-electron chi connectivity index (χ3n) is 5.75. The molecule has 0 aliphatic heterocycles. The molecule has 0 radical (unpaired) electrons. The predicted octanol–water partition coefficient (Wildman–Crippen LogP) is 6.37. The highest BCUT2D eigenvalue weighted by Crippen LogP contribution is 2.32. The van der Waals surface area contributed by atoms with Crippen molar-refractivity contribution in [3.8, 4) is 11.8 Å². The molecule has 2 saturated carbocycles. The Morgan fingerprint density at radius 2 is 1.52 bits per heavy atom. The lowest BCUT2D eigenvalue weighted by atomic mass is 9.80. The first kappa shape index (κ1) is 16.7. The maximum absolute atomic E-state index is 3.50. The predicted molar refractivity (Wildman–Crippen MR) is 93.0 cm³/mol. The smallest absolute Gasteiger partial charge is 0.0206 e. The van der Waals surface area contributed by atoms with Crippen LogP contribution in [0.25, 0.3) is 0 Å². The molecule has 0 nitrogen and oxygen atoms in total. The van der Waals surface area contributed by atoms with Gasteiger partial charge >= 0.3 is 0 Å². The summed E-state index contributed by atoms with van der Waals surface area (Å²) >= 11 is 0. The average Bonchev–Trinajstić information content (AvgIpc) is 2.54. The third kappa shape index (κ3) is 5.90. The second-order valence-electron chi connectivity index (χ2n) is 7.34. The van der Waals surface area contributed by atoms with Gasteiger partial charge in [0.05, 0.1) is 0 Å². The highest BCUT2D eigenvalue weighted by molar-refractivity contribution is 5.18.